The van der Waals surface area contributed by atoms with Gasteiger partial charge in [-0.05, 0) is 24.1 Å². The van der Waals surface area contributed by atoms with Gasteiger partial charge < -0.3 is 4.74 Å². The lowest BCUT2D eigenvalue weighted by Crippen LogP contribution is -2.48. The maximum absolute atomic E-state index is 11.7. The molecule has 7 heteroatoms. The smallest absolute Gasteiger partial charge is 0.234 e. The van der Waals surface area contributed by atoms with Gasteiger partial charge in [0.15, 0.2) is 9.84 Å². The molecule has 2 N–H and O–H groups in total. The van der Waals surface area contributed by atoms with E-state index >= 15 is 0 Å². The summed E-state index contributed by atoms with van der Waals surface area (Å²) < 4.78 is 28.6. The highest BCUT2D eigenvalue weighted by Crippen LogP contribution is 2.25. The third-order valence-corrected chi connectivity index (χ3v) is 4.31. The molecule has 21 heavy (non-hydrogen) atoms. The van der Waals surface area contributed by atoms with Crippen molar-refractivity contribution in [2.24, 2.45) is 0 Å². The Kier molecular flexibility index (Phi) is 4.64. The summed E-state index contributed by atoms with van der Waals surface area (Å²) in [6.07, 6.45) is 6.05. The Morgan fingerprint density at radius 3 is 2.71 bits per heavy atom. The zero-order valence-electron chi connectivity index (χ0n) is 11.9. The third-order valence-electron chi connectivity index (χ3n) is 3.19. The largest absolute Gasteiger partial charge is 0.495 e. The number of hydrogen-bond donors (Lipinski definition) is 2. The van der Waals surface area contributed by atoms with Gasteiger partial charge in [-0.1, -0.05) is 18.2 Å². The van der Waals surface area contributed by atoms with Gasteiger partial charge >= 0.3 is 0 Å². The van der Waals surface area contributed by atoms with Crippen molar-refractivity contribution in [1.29, 1.82) is 0 Å². The van der Waals surface area contributed by atoms with Crippen LogP contribution in [0.4, 0.5) is 0 Å². The molecule has 1 atom stereocenters. The summed E-state index contributed by atoms with van der Waals surface area (Å²) in [5.74, 6) is 0.307. The van der Waals surface area contributed by atoms with E-state index in [4.69, 9.17) is 4.74 Å². The molecule has 1 aromatic carbocycles. The Morgan fingerprint density at radius 1 is 1.38 bits per heavy atom. The number of amides is 1. The molecule has 0 saturated carbocycles. The van der Waals surface area contributed by atoms with E-state index in [9.17, 15) is 13.2 Å². The number of methoxy groups -OCH3 is 1. The maximum atomic E-state index is 11.7. The molecule has 0 bridgehead atoms. The number of rotatable bonds is 4. The molecule has 6 nitrogen and oxygen atoms in total. The second kappa shape index (κ2) is 6.28. The summed E-state index contributed by atoms with van der Waals surface area (Å²) in [6.45, 7) is 0. The van der Waals surface area contributed by atoms with Crippen molar-refractivity contribution in [1.82, 2.24) is 10.9 Å². The first-order valence-electron chi connectivity index (χ1n) is 6.51. The minimum Gasteiger partial charge on any atom is -0.495 e. The summed E-state index contributed by atoms with van der Waals surface area (Å²) >= 11 is 0. The number of nitrogens with one attached hydrogen (secondary N) is 2. The molecular formula is C14H18N2O4S. The van der Waals surface area contributed by atoms with Crippen LogP contribution in [0.2, 0.25) is 0 Å². The predicted molar refractivity (Wildman–Crippen MR) is 79.4 cm³/mol. The molecule has 0 aliphatic carbocycles. The molecule has 1 unspecified atom stereocenters. The number of hydrogen-bond acceptors (Lipinski definition) is 5. The van der Waals surface area contributed by atoms with Crippen LogP contribution in [0.15, 0.2) is 29.2 Å². The fourth-order valence-corrected chi connectivity index (χ4v) is 2.92. The Bertz CT molecular complexity index is 658. The van der Waals surface area contributed by atoms with Crippen LogP contribution in [0, 0.1) is 0 Å². The van der Waals surface area contributed by atoms with Crippen molar-refractivity contribution < 1.29 is 17.9 Å². The molecule has 1 amide bonds. The van der Waals surface area contributed by atoms with Gasteiger partial charge in [0.05, 0.1) is 7.11 Å². The van der Waals surface area contributed by atoms with Gasteiger partial charge in [0.25, 0.3) is 0 Å². The Hall–Kier alpha value is -1.86. The lowest BCUT2D eigenvalue weighted by atomic mass is 10.1. The number of hydrazine groups is 1. The van der Waals surface area contributed by atoms with E-state index in [0.717, 1.165) is 11.8 Å². The molecule has 1 aromatic rings. The van der Waals surface area contributed by atoms with Crippen molar-refractivity contribution in [3.05, 3.63) is 29.8 Å². The molecule has 1 aliphatic rings. The van der Waals surface area contributed by atoms with Gasteiger partial charge in [-0.3, -0.25) is 10.2 Å². The third kappa shape index (κ3) is 4.05. The topological polar surface area (TPSA) is 84.5 Å². The minimum atomic E-state index is -3.35. The molecule has 114 valence electrons. The number of ether oxygens (including phenoxy) is 1. The van der Waals surface area contributed by atoms with Crippen LogP contribution in [0.5, 0.6) is 5.75 Å². The Morgan fingerprint density at radius 2 is 2.14 bits per heavy atom. The highest BCUT2D eigenvalue weighted by molar-refractivity contribution is 7.90. The molecule has 0 spiro atoms. The van der Waals surface area contributed by atoms with Crippen LogP contribution in [-0.4, -0.2) is 33.7 Å². The predicted octanol–water partition coefficient (Wildman–Crippen LogP) is 0.895. The first-order valence-corrected chi connectivity index (χ1v) is 8.40. The normalized spacial score (nSPS) is 19.5. The number of carbonyl (C=O) groups is 1. The fourth-order valence-electron chi connectivity index (χ4n) is 2.05. The van der Waals surface area contributed by atoms with Crippen LogP contribution in [0.25, 0.3) is 6.08 Å². The minimum absolute atomic E-state index is 0.0246. The summed E-state index contributed by atoms with van der Waals surface area (Å²) in [7, 11) is -1.91. The highest BCUT2D eigenvalue weighted by atomic mass is 32.2. The second-order valence-electron chi connectivity index (χ2n) is 4.88. The van der Waals surface area contributed by atoms with E-state index in [1.54, 1.807) is 18.2 Å². The summed E-state index contributed by atoms with van der Waals surface area (Å²) in [4.78, 5) is 11.2. The van der Waals surface area contributed by atoms with Gasteiger partial charge in [0, 0.05) is 18.7 Å². The Labute approximate surface area is 124 Å². The van der Waals surface area contributed by atoms with Crippen molar-refractivity contribution in [2.75, 3.05) is 13.4 Å². The molecular weight excluding hydrogens is 292 g/mol. The molecule has 0 radical (unpaired) electrons. The fraction of sp³-hybridized carbons (Fsp3) is 0.357. The monoisotopic (exact) mass is 310 g/mol. The highest BCUT2D eigenvalue weighted by Gasteiger charge is 2.16. The molecule has 2 rings (SSSR count). The van der Waals surface area contributed by atoms with Crippen molar-refractivity contribution in [3.63, 3.8) is 0 Å². The van der Waals surface area contributed by atoms with E-state index in [0.29, 0.717) is 18.6 Å². The SMILES string of the molecule is COc1ccc(/C=C/C2CCC(=O)NN2)cc1S(C)(=O)=O. The van der Waals surface area contributed by atoms with Gasteiger partial charge in [-0.15, -0.1) is 0 Å². The molecule has 1 aliphatic heterocycles. The molecule has 1 heterocycles. The number of sulfone groups is 1. The van der Waals surface area contributed by atoms with Crippen LogP contribution in [-0.2, 0) is 14.6 Å². The van der Waals surface area contributed by atoms with Crippen LogP contribution < -0.4 is 15.6 Å². The van der Waals surface area contributed by atoms with Crippen molar-refractivity contribution >= 4 is 21.8 Å². The first kappa shape index (κ1) is 15.5. The van der Waals surface area contributed by atoms with Gasteiger partial charge in [0.1, 0.15) is 10.6 Å². The Balaban J connectivity index is 2.19. The zero-order valence-corrected chi connectivity index (χ0v) is 12.7. The quantitative estimate of drug-likeness (QED) is 0.863. The van der Waals surface area contributed by atoms with Gasteiger partial charge in [-0.25, -0.2) is 13.8 Å². The van der Waals surface area contributed by atoms with Crippen LogP contribution in [0.1, 0.15) is 18.4 Å². The lowest BCUT2D eigenvalue weighted by molar-refractivity contribution is -0.123. The first-order chi connectivity index (χ1) is 9.90. The second-order valence-corrected chi connectivity index (χ2v) is 6.86. The molecule has 1 fully saturated rings. The average Bonchev–Trinajstić information content (AvgIpc) is 2.45. The van der Waals surface area contributed by atoms with E-state index < -0.39 is 9.84 Å². The van der Waals surface area contributed by atoms with E-state index in [2.05, 4.69) is 10.9 Å². The summed E-state index contributed by atoms with van der Waals surface area (Å²) in [5, 5.41) is 0. The molecule has 1 saturated heterocycles. The van der Waals surface area contributed by atoms with Crippen LogP contribution in [0.3, 0.4) is 0 Å². The zero-order chi connectivity index (χ0) is 15.5. The van der Waals surface area contributed by atoms with Crippen molar-refractivity contribution in [2.45, 2.75) is 23.8 Å². The lowest BCUT2D eigenvalue weighted by Gasteiger charge is -2.20. The van der Waals surface area contributed by atoms with Gasteiger partial charge in [-0.2, -0.15) is 0 Å². The van der Waals surface area contributed by atoms with E-state index in [-0.39, 0.29) is 16.8 Å². The average molecular weight is 310 g/mol. The van der Waals surface area contributed by atoms with Crippen LogP contribution >= 0.6 is 0 Å². The van der Waals surface area contributed by atoms with E-state index in [1.807, 2.05) is 12.2 Å². The maximum Gasteiger partial charge on any atom is 0.234 e. The van der Waals surface area contributed by atoms with Crippen molar-refractivity contribution in [3.8, 4) is 5.75 Å². The number of carbonyl (C=O) groups excluding carboxylic acids is 1. The summed E-state index contributed by atoms with van der Waals surface area (Å²) in [5.41, 5.74) is 6.20. The van der Waals surface area contributed by atoms with Gasteiger partial charge in [0.2, 0.25) is 5.91 Å². The standard InChI is InChI=1S/C14H18N2O4S/c1-20-12-7-4-10(9-13(12)21(2,18)19)3-5-11-6-8-14(17)16-15-11/h3-5,7,9,11,15H,6,8H2,1-2H3,(H,16,17)/b5-3+. The van der Waals surface area contributed by atoms with E-state index in [1.165, 1.54) is 7.11 Å². The number of benzene rings is 1. The summed E-state index contributed by atoms with van der Waals surface area (Å²) in [6, 6.07) is 5.02. The molecule has 0 aromatic heterocycles.